The molecular weight excluding hydrogens is 456 g/mol. The predicted octanol–water partition coefficient (Wildman–Crippen LogP) is 2.75. The van der Waals surface area contributed by atoms with Crippen molar-refractivity contribution >= 4 is 27.5 Å². The van der Waals surface area contributed by atoms with Gasteiger partial charge in [0.2, 0.25) is 15.9 Å². The Morgan fingerprint density at radius 1 is 1.00 bits per heavy atom. The average Bonchev–Trinajstić information content (AvgIpc) is 3.32. The first-order valence-corrected chi connectivity index (χ1v) is 12.1. The minimum atomic E-state index is -3.73. The number of likely N-dealkylation sites (N-methyl/N-ethyl adjacent to an activating group) is 1. The van der Waals surface area contributed by atoms with Crippen molar-refractivity contribution in [3.05, 3.63) is 83.8 Å². The summed E-state index contributed by atoms with van der Waals surface area (Å²) < 4.78 is 33.1. The summed E-state index contributed by atoms with van der Waals surface area (Å²) >= 11 is 0. The highest BCUT2D eigenvalue weighted by Crippen LogP contribution is 2.18. The van der Waals surface area contributed by atoms with Crippen molar-refractivity contribution in [2.24, 2.45) is 0 Å². The molecule has 1 heterocycles. The number of carbonyl (C=O) groups excluding carboxylic acids is 2. The SMILES string of the molecule is CC(=O)Nc1ccc(S(=O)(=O)NCc2ccc(C(=O)NCC(c3ccco3)N(C)C)cc2)cc1. The molecule has 0 aliphatic rings. The molecule has 3 aromatic rings. The average molecular weight is 485 g/mol. The van der Waals surface area contributed by atoms with E-state index in [1.165, 1.54) is 31.2 Å². The lowest BCUT2D eigenvalue weighted by Gasteiger charge is -2.22. The van der Waals surface area contributed by atoms with Crippen LogP contribution in [0.25, 0.3) is 0 Å². The van der Waals surface area contributed by atoms with Crippen molar-refractivity contribution in [1.29, 1.82) is 0 Å². The second-order valence-corrected chi connectivity index (χ2v) is 9.70. The van der Waals surface area contributed by atoms with E-state index in [-0.39, 0.29) is 29.3 Å². The van der Waals surface area contributed by atoms with Crippen LogP contribution in [0.2, 0.25) is 0 Å². The van der Waals surface area contributed by atoms with Crippen LogP contribution in [0.1, 0.15) is 34.6 Å². The lowest BCUT2D eigenvalue weighted by Crippen LogP contribution is -2.34. The van der Waals surface area contributed by atoms with E-state index >= 15 is 0 Å². The highest BCUT2D eigenvalue weighted by atomic mass is 32.2. The number of amides is 2. The van der Waals surface area contributed by atoms with Crippen LogP contribution in [0.15, 0.2) is 76.2 Å². The fourth-order valence-corrected chi connectivity index (χ4v) is 4.28. The number of nitrogens with zero attached hydrogens (tertiary/aromatic N) is 1. The van der Waals surface area contributed by atoms with Crippen LogP contribution in [0.5, 0.6) is 0 Å². The Morgan fingerprint density at radius 3 is 2.24 bits per heavy atom. The van der Waals surface area contributed by atoms with E-state index in [1.54, 1.807) is 30.5 Å². The molecule has 2 amide bonds. The zero-order chi connectivity index (χ0) is 24.7. The number of anilines is 1. The van der Waals surface area contributed by atoms with Gasteiger partial charge in [-0.3, -0.25) is 14.5 Å². The molecule has 34 heavy (non-hydrogen) atoms. The van der Waals surface area contributed by atoms with Gasteiger partial charge >= 0.3 is 0 Å². The molecular formula is C24H28N4O5S. The minimum absolute atomic E-state index is 0.0683. The number of furan rings is 1. The fourth-order valence-electron chi connectivity index (χ4n) is 3.27. The van der Waals surface area contributed by atoms with Crippen LogP contribution in [0.3, 0.4) is 0 Å². The third-order valence-corrected chi connectivity index (χ3v) is 6.54. The molecule has 0 bridgehead atoms. The summed E-state index contributed by atoms with van der Waals surface area (Å²) in [6.07, 6.45) is 1.60. The summed E-state index contributed by atoms with van der Waals surface area (Å²) in [6.45, 7) is 1.82. The zero-order valence-electron chi connectivity index (χ0n) is 19.2. The van der Waals surface area contributed by atoms with E-state index in [1.807, 2.05) is 31.1 Å². The zero-order valence-corrected chi connectivity index (χ0v) is 20.1. The van der Waals surface area contributed by atoms with Gasteiger partial charge in [-0.2, -0.15) is 0 Å². The monoisotopic (exact) mass is 484 g/mol. The molecule has 0 aliphatic heterocycles. The van der Waals surface area contributed by atoms with E-state index in [4.69, 9.17) is 4.42 Å². The molecule has 1 unspecified atom stereocenters. The Bertz CT molecular complexity index is 1210. The molecule has 0 spiro atoms. The van der Waals surface area contributed by atoms with Crippen molar-refractivity contribution in [3.63, 3.8) is 0 Å². The van der Waals surface area contributed by atoms with Gasteiger partial charge in [0.25, 0.3) is 5.91 Å². The van der Waals surface area contributed by atoms with E-state index in [9.17, 15) is 18.0 Å². The number of benzene rings is 2. The summed E-state index contributed by atoms with van der Waals surface area (Å²) in [6, 6.07) is 16.2. The molecule has 10 heteroatoms. The van der Waals surface area contributed by atoms with Gasteiger partial charge < -0.3 is 15.1 Å². The molecule has 1 aromatic heterocycles. The number of nitrogens with one attached hydrogen (secondary N) is 3. The third kappa shape index (κ3) is 6.77. The van der Waals surface area contributed by atoms with Crippen molar-refractivity contribution in [3.8, 4) is 0 Å². The maximum Gasteiger partial charge on any atom is 0.251 e. The molecule has 2 aromatic carbocycles. The van der Waals surface area contributed by atoms with Gasteiger partial charge in [-0.1, -0.05) is 12.1 Å². The molecule has 0 saturated carbocycles. The molecule has 180 valence electrons. The smallest absolute Gasteiger partial charge is 0.251 e. The van der Waals surface area contributed by atoms with E-state index in [0.29, 0.717) is 23.4 Å². The highest BCUT2D eigenvalue weighted by Gasteiger charge is 2.18. The Morgan fingerprint density at radius 2 is 1.68 bits per heavy atom. The van der Waals surface area contributed by atoms with Gasteiger partial charge in [-0.25, -0.2) is 13.1 Å². The molecule has 0 radical (unpaired) electrons. The predicted molar refractivity (Wildman–Crippen MR) is 129 cm³/mol. The van der Waals surface area contributed by atoms with Gasteiger partial charge in [0.15, 0.2) is 0 Å². The molecule has 9 nitrogen and oxygen atoms in total. The standard InChI is InChI=1S/C24H28N4O5S/c1-17(29)27-20-10-12-21(13-11-20)34(31,32)26-15-18-6-8-19(9-7-18)24(30)25-16-22(28(2)3)23-5-4-14-33-23/h4-14,22,26H,15-16H2,1-3H3,(H,25,30)(H,27,29). The van der Waals surface area contributed by atoms with Gasteiger partial charge in [0.1, 0.15) is 5.76 Å². The topological polar surface area (TPSA) is 121 Å². The maximum absolute atomic E-state index is 12.6. The van der Waals surface area contributed by atoms with Crippen molar-refractivity contribution in [2.45, 2.75) is 24.4 Å². The van der Waals surface area contributed by atoms with Crippen molar-refractivity contribution in [2.75, 3.05) is 26.0 Å². The van der Waals surface area contributed by atoms with Crippen molar-refractivity contribution < 1.29 is 22.4 Å². The van der Waals surface area contributed by atoms with Crippen LogP contribution >= 0.6 is 0 Å². The van der Waals surface area contributed by atoms with E-state index in [0.717, 1.165) is 5.76 Å². The lowest BCUT2D eigenvalue weighted by atomic mass is 10.1. The number of sulfonamides is 1. The maximum atomic E-state index is 12.6. The summed E-state index contributed by atoms with van der Waals surface area (Å²) in [7, 11) is 0.0850. The highest BCUT2D eigenvalue weighted by molar-refractivity contribution is 7.89. The summed E-state index contributed by atoms with van der Waals surface area (Å²) in [4.78, 5) is 25.7. The molecule has 0 aliphatic carbocycles. The Hall–Kier alpha value is -3.47. The van der Waals surface area contributed by atoms with Crippen LogP contribution in [0, 0.1) is 0 Å². The molecule has 1 atom stereocenters. The largest absolute Gasteiger partial charge is 0.468 e. The third-order valence-electron chi connectivity index (χ3n) is 5.12. The van der Waals surface area contributed by atoms with Crippen LogP contribution in [0.4, 0.5) is 5.69 Å². The Balaban J connectivity index is 1.55. The molecule has 3 N–H and O–H groups in total. The molecule has 0 saturated heterocycles. The lowest BCUT2D eigenvalue weighted by molar-refractivity contribution is -0.114. The second kappa shape index (κ2) is 11.1. The van der Waals surface area contributed by atoms with Gasteiger partial charge in [-0.05, 0) is 68.2 Å². The first kappa shape index (κ1) is 25.2. The number of rotatable bonds is 10. The summed E-state index contributed by atoms with van der Waals surface area (Å²) in [5, 5.41) is 5.49. The van der Waals surface area contributed by atoms with E-state index in [2.05, 4.69) is 15.4 Å². The first-order valence-electron chi connectivity index (χ1n) is 10.6. The van der Waals surface area contributed by atoms with Crippen LogP contribution in [-0.4, -0.2) is 45.8 Å². The first-order chi connectivity index (χ1) is 16.2. The van der Waals surface area contributed by atoms with Crippen LogP contribution < -0.4 is 15.4 Å². The summed E-state index contributed by atoms with van der Waals surface area (Å²) in [5.74, 6) is 0.295. The summed E-state index contributed by atoms with van der Waals surface area (Å²) in [5.41, 5.74) is 1.69. The quantitative estimate of drug-likeness (QED) is 0.407. The van der Waals surface area contributed by atoms with Gasteiger partial charge in [-0.15, -0.1) is 0 Å². The molecule has 3 rings (SSSR count). The van der Waals surface area contributed by atoms with Gasteiger partial charge in [0.05, 0.1) is 17.2 Å². The second-order valence-electron chi connectivity index (χ2n) is 7.93. The van der Waals surface area contributed by atoms with Crippen LogP contribution in [-0.2, 0) is 21.4 Å². The molecule has 0 fully saturated rings. The number of hydrogen-bond donors (Lipinski definition) is 3. The minimum Gasteiger partial charge on any atom is -0.468 e. The normalized spacial score (nSPS) is 12.4. The number of carbonyl (C=O) groups is 2. The van der Waals surface area contributed by atoms with Gasteiger partial charge in [0, 0.05) is 31.3 Å². The fraction of sp³-hybridized carbons (Fsp3) is 0.250. The number of hydrogen-bond acceptors (Lipinski definition) is 6. The Labute approximate surface area is 199 Å². The van der Waals surface area contributed by atoms with Crippen molar-refractivity contribution in [1.82, 2.24) is 14.9 Å². The Kier molecular flexibility index (Phi) is 8.21. The van der Waals surface area contributed by atoms with E-state index < -0.39 is 10.0 Å².